The van der Waals surface area contributed by atoms with Gasteiger partial charge in [-0.25, -0.2) is 14.8 Å². The number of amides is 3. The van der Waals surface area contributed by atoms with E-state index in [1.807, 2.05) is 112 Å². The summed E-state index contributed by atoms with van der Waals surface area (Å²) in [4.78, 5) is 54.2. The topological polar surface area (TPSA) is 149 Å². The number of nitrogens with zero attached hydrogens (tertiary/aromatic N) is 4. The molecule has 0 bridgehead atoms. The molecule has 54 heavy (non-hydrogen) atoms. The Balaban J connectivity index is 1.31. The van der Waals surface area contributed by atoms with Crippen LogP contribution in [0.2, 0.25) is 0 Å². The number of nitrogens with one attached hydrogen (secondary N) is 3. The molecule has 13 heteroatoms. The van der Waals surface area contributed by atoms with Crippen LogP contribution in [-0.4, -0.2) is 93.8 Å². The second-order valence-corrected chi connectivity index (χ2v) is 16.6. The number of alkyl carbamates (subject to hydrolysis) is 1. The zero-order valence-electron chi connectivity index (χ0n) is 32.4. The standard InChI is InChI=1S/C41H55N7O5S/c1-26(2)36(45-40(52)53-24-30-25-54-39(42-30)27(3)4)38(51)44-32(21-28-13-9-8-10-14-28)34(49)23-47-19-20-48(22-33(47)37(50)46-41(5,6)7)35-18-17-29-15-11-12-16-31(29)43-35/h8-18,25-27,32-34,36,49H,19-24H2,1-7H3,(H,44,51)(H,45,52)(H,46,50)/t32-,33-,34+,36-/m0/s1. The van der Waals surface area contributed by atoms with Crippen molar-refractivity contribution in [3.05, 3.63) is 88.4 Å². The number of ether oxygens (including phenoxy) is 1. The summed E-state index contributed by atoms with van der Waals surface area (Å²) in [6, 6.07) is 19.3. The highest BCUT2D eigenvalue weighted by molar-refractivity contribution is 7.09. The molecular formula is C41H55N7O5S. The van der Waals surface area contributed by atoms with Gasteiger partial charge in [-0.05, 0) is 56.9 Å². The number of para-hydroxylation sites is 1. The minimum Gasteiger partial charge on any atom is -0.443 e. The van der Waals surface area contributed by atoms with Gasteiger partial charge < -0.3 is 30.7 Å². The van der Waals surface area contributed by atoms with Crippen LogP contribution in [-0.2, 0) is 27.4 Å². The van der Waals surface area contributed by atoms with Gasteiger partial charge in [-0.1, -0.05) is 76.2 Å². The predicted octanol–water partition coefficient (Wildman–Crippen LogP) is 5.26. The number of pyridine rings is 1. The molecule has 4 atom stereocenters. The van der Waals surface area contributed by atoms with E-state index in [0.29, 0.717) is 31.7 Å². The lowest BCUT2D eigenvalue weighted by Gasteiger charge is -2.43. The molecule has 290 valence electrons. The van der Waals surface area contributed by atoms with Crippen molar-refractivity contribution < 1.29 is 24.2 Å². The smallest absolute Gasteiger partial charge is 0.408 e. The largest absolute Gasteiger partial charge is 0.443 e. The van der Waals surface area contributed by atoms with Crippen LogP contribution in [0.25, 0.3) is 10.9 Å². The lowest BCUT2D eigenvalue weighted by Crippen LogP contribution is -2.64. The molecule has 3 amide bonds. The highest BCUT2D eigenvalue weighted by atomic mass is 32.1. The van der Waals surface area contributed by atoms with E-state index >= 15 is 0 Å². The number of anilines is 1. The van der Waals surface area contributed by atoms with Crippen LogP contribution in [0.1, 0.15) is 70.6 Å². The maximum absolute atomic E-state index is 13.9. The SMILES string of the molecule is CC(C)c1nc(COC(=O)N[C@H](C(=O)N[C@@H](Cc2ccccc2)[C@H](O)CN2CCN(c3ccc4ccccc4n3)C[C@H]2C(=O)NC(C)(C)C)C(C)C)cs1. The van der Waals surface area contributed by atoms with Crippen molar-refractivity contribution in [3.8, 4) is 0 Å². The molecule has 4 N–H and O–H groups in total. The molecule has 0 unspecified atom stereocenters. The summed E-state index contributed by atoms with van der Waals surface area (Å²) in [6.07, 6.45) is -1.44. The number of benzene rings is 2. The van der Waals surface area contributed by atoms with Crippen molar-refractivity contribution in [2.45, 2.75) is 97.2 Å². The minimum absolute atomic E-state index is 0.00895. The summed E-state index contributed by atoms with van der Waals surface area (Å²) < 4.78 is 5.44. The number of aliphatic hydroxyl groups excluding tert-OH is 1. The fourth-order valence-corrected chi connectivity index (χ4v) is 7.29. The van der Waals surface area contributed by atoms with E-state index in [1.54, 1.807) is 0 Å². The van der Waals surface area contributed by atoms with E-state index in [0.717, 1.165) is 27.3 Å². The highest BCUT2D eigenvalue weighted by Crippen LogP contribution is 2.23. The number of hydrogen-bond acceptors (Lipinski definition) is 10. The number of piperazine rings is 1. The van der Waals surface area contributed by atoms with E-state index in [1.165, 1.54) is 11.3 Å². The molecule has 1 aliphatic rings. The van der Waals surface area contributed by atoms with Gasteiger partial charge in [0.25, 0.3) is 0 Å². The van der Waals surface area contributed by atoms with E-state index in [2.05, 4.69) is 39.7 Å². The molecule has 1 aliphatic heterocycles. The van der Waals surface area contributed by atoms with Crippen molar-refractivity contribution in [2.24, 2.45) is 5.92 Å². The summed E-state index contributed by atoms with van der Waals surface area (Å²) in [7, 11) is 0. The van der Waals surface area contributed by atoms with Gasteiger partial charge in [0.1, 0.15) is 24.5 Å². The van der Waals surface area contributed by atoms with E-state index < -0.39 is 41.8 Å². The summed E-state index contributed by atoms with van der Waals surface area (Å²) in [5.41, 5.74) is 1.99. The first kappa shape index (κ1) is 40.6. The number of thiazole rings is 1. The summed E-state index contributed by atoms with van der Waals surface area (Å²) in [5, 5.41) is 24.7. The number of carbonyl (C=O) groups is 3. The van der Waals surface area contributed by atoms with Crippen LogP contribution in [0.3, 0.4) is 0 Å². The van der Waals surface area contributed by atoms with Crippen LogP contribution in [0.5, 0.6) is 0 Å². The molecule has 2 aromatic heterocycles. The van der Waals surface area contributed by atoms with Crippen molar-refractivity contribution in [2.75, 3.05) is 31.1 Å². The van der Waals surface area contributed by atoms with Crippen LogP contribution >= 0.6 is 11.3 Å². The number of carbonyl (C=O) groups excluding carboxylic acids is 3. The van der Waals surface area contributed by atoms with Crippen molar-refractivity contribution >= 4 is 46.0 Å². The number of rotatable bonds is 14. The number of aromatic nitrogens is 2. The lowest BCUT2D eigenvalue weighted by molar-refractivity contribution is -0.130. The van der Waals surface area contributed by atoms with Gasteiger partial charge in [-0.2, -0.15) is 0 Å². The molecule has 12 nitrogen and oxygen atoms in total. The van der Waals surface area contributed by atoms with Gasteiger partial charge in [0.05, 0.1) is 28.4 Å². The molecule has 4 aromatic rings. The van der Waals surface area contributed by atoms with Gasteiger partial charge in [0.2, 0.25) is 11.8 Å². The van der Waals surface area contributed by atoms with E-state index in [4.69, 9.17) is 9.72 Å². The van der Waals surface area contributed by atoms with Crippen molar-refractivity contribution in [3.63, 3.8) is 0 Å². The van der Waals surface area contributed by atoms with Crippen molar-refractivity contribution in [1.29, 1.82) is 0 Å². The lowest BCUT2D eigenvalue weighted by atomic mass is 9.97. The molecule has 0 spiro atoms. The number of fused-ring (bicyclic) bond motifs is 1. The number of aliphatic hydroxyl groups is 1. The third-order valence-electron chi connectivity index (χ3n) is 9.35. The Kier molecular flexibility index (Phi) is 13.6. The fourth-order valence-electron chi connectivity index (χ4n) is 6.47. The first-order valence-electron chi connectivity index (χ1n) is 18.7. The molecule has 0 saturated carbocycles. The Morgan fingerprint density at radius 3 is 2.35 bits per heavy atom. The maximum Gasteiger partial charge on any atom is 0.408 e. The van der Waals surface area contributed by atoms with Gasteiger partial charge in [0, 0.05) is 48.4 Å². The van der Waals surface area contributed by atoms with Gasteiger partial charge in [0.15, 0.2) is 0 Å². The normalized spacial score (nSPS) is 16.9. The zero-order chi connectivity index (χ0) is 39.0. The van der Waals surface area contributed by atoms with Crippen LogP contribution in [0, 0.1) is 5.92 Å². The molecule has 3 heterocycles. The second-order valence-electron chi connectivity index (χ2n) is 15.7. The monoisotopic (exact) mass is 757 g/mol. The van der Waals surface area contributed by atoms with Crippen molar-refractivity contribution in [1.82, 2.24) is 30.8 Å². The number of β-amino-alcohol motifs (C(OH)–C–C–N with tert-alkyl or cyclic N) is 1. The average Bonchev–Trinajstić information content (AvgIpc) is 3.62. The Bertz CT molecular complexity index is 1860. The summed E-state index contributed by atoms with van der Waals surface area (Å²) >= 11 is 1.52. The van der Waals surface area contributed by atoms with Crippen LogP contribution < -0.4 is 20.9 Å². The molecule has 5 rings (SSSR count). The van der Waals surface area contributed by atoms with Crippen LogP contribution in [0.4, 0.5) is 10.6 Å². The number of hydrogen-bond donors (Lipinski definition) is 4. The zero-order valence-corrected chi connectivity index (χ0v) is 33.2. The Labute approximate surface area is 322 Å². The molecule has 0 aliphatic carbocycles. The molecule has 1 fully saturated rings. The fraction of sp³-hybridized carbons (Fsp3) is 0.488. The molecule has 0 radical (unpaired) electrons. The third-order valence-corrected chi connectivity index (χ3v) is 10.5. The molecule has 1 saturated heterocycles. The Hall–Kier alpha value is -4.59. The second kappa shape index (κ2) is 18.2. The Morgan fingerprint density at radius 2 is 1.67 bits per heavy atom. The average molecular weight is 758 g/mol. The minimum atomic E-state index is -1.05. The van der Waals surface area contributed by atoms with E-state index in [9.17, 15) is 19.5 Å². The molecule has 2 aromatic carbocycles. The molecular weight excluding hydrogens is 703 g/mol. The van der Waals surface area contributed by atoms with Gasteiger partial charge in [-0.3, -0.25) is 14.5 Å². The third kappa shape index (κ3) is 11.2. The van der Waals surface area contributed by atoms with Gasteiger partial charge in [-0.15, -0.1) is 11.3 Å². The summed E-state index contributed by atoms with van der Waals surface area (Å²) in [5.74, 6) is 0.196. The first-order chi connectivity index (χ1) is 25.7. The van der Waals surface area contributed by atoms with Crippen LogP contribution in [0.15, 0.2) is 72.1 Å². The first-order valence-corrected chi connectivity index (χ1v) is 19.6. The summed E-state index contributed by atoms with van der Waals surface area (Å²) in [6.45, 7) is 15.2. The van der Waals surface area contributed by atoms with E-state index in [-0.39, 0.29) is 30.9 Å². The van der Waals surface area contributed by atoms with Gasteiger partial charge >= 0.3 is 6.09 Å². The quantitative estimate of drug-likeness (QED) is 0.135. The Morgan fingerprint density at radius 1 is 0.944 bits per heavy atom. The predicted molar refractivity (Wildman–Crippen MR) is 213 cm³/mol. The maximum atomic E-state index is 13.9. The highest BCUT2D eigenvalue weighted by Gasteiger charge is 2.37.